The van der Waals surface area contributed by atoms with Crippen molar-refractivity contribution in [3.63, 3.8) is 0 Å². The summed E-state index contributed by atoms with van der Waals surface area (Å²) in [7, 11) is -0.453. The molecule has 26 heavy (non-hydrogen) atoms. The van der Waals surface area contributed by atoms with Crippen LogP contribution in [0.4, 0.5) is 4.79 Å². The Morgan fingerprint density at radius 3 is 2.54 bits per heavy atom. The molecule has 1 N–H and O–H groups in total. The van der Waals surface area contributed by atoms with Gasteiger partial charge in [-0.25, -0.2) is 4.79 Å². The first-order valence-electron chi connectivity index (χ1n) is 9.12. The predicted octanol–water partition coefficient (Wildman–Crippen LogP) is 1.09. The maximum Gasteiger partial charge on any atom is 0.498 e. The zero-order chi connectivity index (χ0) is 18.7. The molecule has 9 heteroatoms. The van der Waals surface area contributed by atoms with E-state index in [1.54, 1.807) is 15.8 Å². The minimum absolute atomic E-state index is 0.205. The Labute approximate surface area is 153 Å². The highest BCUT2D eigenvalue weighted by molar-refractivity contribution is 6.61. The fourth-order valence-electron chi connectivity index (χ4n) is 3.54. The van der Waals surface area contributed by atoms with Crippen LogP contribution < -0.4 is 5.46 Å². The number of morpholine rings is 1. The molecule has 1 saturated carbocycles. The molecule has 3 heterocycles. The molecule has 0 aromatic carbocycles. The molecule has 0 radical (unpaired) electrons. The van der Waals surface area contributed by atoms with Crippen molar-refractivity contribution in [1.29, 1.82) is 0 Å². The summed E-state index contributed by atoms with van der Waals surface area (Å²) in [5.41, 5.74) is -0.215. The molecule has 1 aromatic rings. The van der Waals surface area contributed by atoms with Crippen molar-refractivity contribution in [3.05, 3.63) is 12.4 Å². The van der Waals surface area contributed by atoms with E-state index in [0.717, 1.165) is 18.3 Å². The van der Waals surface area contributed by atoms with E-state index >= 15 is 0 Å². The zero-order valence-corrected chi connectivity index (χ0v) is 15.8. The van der Waals surface area contributed by atoms with Crippen LogP contribution in [0.25, 0.3) is 0 Å². The van der Waals surface area contributed by atoms with Gasteiger partial charge in [0, 0.05) is 17.9 Å². The molecule has 142 valence electrons. The Morgan fingerprint density at radius 1 is 1.31 bits per heavy atom. The summed E-state index contributed by atoms with van der Waals surface area (Å²) in [6.45, 7) is 9.40. The van der Waals surface area contributed by atoms with Crippen molar-refractivity contribution in [3.8, 4) is 0 Å². The van der Waals surface area contributed by atoms with Gasteiger partial charge in [-0.05, 0) is 40.5 Å². The van der Waals surface area contributed by atoms with Crippen molar-refractivity contribution >= 4 is 18.7 Å². The van der Waals surface area contributed by atoms with Crippen LogP contribution in [-0.2, 0) is 20.6 Å². The predicted molar refractivity (Wildman–Crippen MR) is 94.4 cm³/mol. The third-order valence-electron chi connectivity index (χ3n) is 6.17. The monoisotopic (exact) mass is 363 g/mol. The lowest BCUT2D eigenvalue weighted by Gasteiger charge is -2.38. The Balaban J connectivity index is 1.41. The fraction of sp³-hybridized carbons (Fsp3) is 0.765. The topological polar surface area (TPSA) is 86.1 Å². The molecule has 1 spiro atoms. The molecular weight excluding hydrogens is 337 g/mol. The van der Waals surface area contributed by atoms with E-state index in [2.05, 4.69) is 5.10 Å². The van der Waals surface area contributed by atoms with E-state index in [1.807, 2.05) is 33.9 Å². The first kappa shape index (κ1) is 17.8. The van der Waals surface area contributed by atoms with Gasteiger partial charge in [0.15, 0.2) is 0 Å². The van der Waals surface area contributed by atoms with Crippen LogP contribution in [0.1, 0.15) is 40.5 Å². The zero-order valence-electron chi connectivity index (χ0n) is 15.8. The van der Waals surface area contributed by atoms with Crippen LogP contribution in [0.2, 0.25) is 0 Å². The van der Waals surface area contributed by atoms with Gasteiger partial charge < -0.3 is 19.2 Å². The van der Waals surface area contributed by atoms with Crippen LogP contribution in [0, 0.1) is 0 Å². The third-order valence-corrected chi connectivity index (χ3v) is 6.17. The number of nitrogens with zero attached hydrogens (tertiary/aromatic N) is 3. The minimum Gasteiger partial charge on any atom is -0.465 e. The average Bonchev–Trinajstić information content (AvgIpc) is 3.07. The molecule has 1 amide bonds. The van der Waals surface area contributed by atoms with Crippen molar-refractivity contribution in [2.45, 2.75) is 69.9 Å². The van der Waals surface area contributed by atoms with E-state index < -0.39 is 24.4 Å². The number of amides is 1. The van der Waals surface area contributed by atoms with Crippen molar-refractivity contribution in [2.75, 3.05) is 13.2 Å². The molecule has 2 aliphatic heterocycles. The molecule has 1 atom stereocenters. The van der Waals surface area contributed by atoms with Gasteiger partial charge in [-0.3, -0.25) is 9.58 Å². The number of rotatable bonds is 3. The fourth-order valence-corrected chi connectivity index (χ4v) is 3.54. The molecule has 1 aliphatic carbocycles. The first-order chi connectivity index (χ1) is 12.1. The van der Waals surface area contributed by atoms with Gasteiger partial charge in [0.25, 0.3) is 0 Å². The highest BCUT2D eigenvalue weighted by Gasteiger charge is 2.54. The Morgan fingerprint density at radius 2 is 1.96 bits per heavy atom. The summed E-state index contributed by atoms with van der Waals surface area (Å²) in [5, 5.41) is 13.8. The molecule has 4 rings (SSSR count). The number of aromatic nitrogens is 2. The second-order valence-corrected chi connectivity index (χ2v) is 8.63. The summed E-state index contributed by atoms with van der Waals surface area (Å²) >= 11 is 0. The summed E-state index contributed by atoms with van der Waals surface area (Å²) in [5.74, 6) is 0. The summed E-state index contributed by atoms with van der Waals surface area (Å²) in [6, 6.07) is 0. The van der Waals surface area contributed by atoms with Gasteiger partial charge in [-0.15, -0.1) is 0 Å². The number of carbonyl (C=O) groups is 1. The van der Waals surface area contributed by atoms with Gasteiger partial charge in [0.2, 0.25) is 0 Å². The van der Waals surface area contributed by atoms with Gasteiger partial charge in [0.05, 0.1) is 42.5 Å². The van der Waals surface area contributed by atoms with Gasteiger partial charge in [-0.2, -0.15) is 5.10 Å². The number of ether oxygens (including phenoxy) is 1. The minimum atomic E-state index is -0.867. The SMILES string of the molecule is CC1(C)OB(c2cnn(C[C@H]3CN(C(=O)O)C4(CC4)CO3)c2)OC1(C)C. The second-order valence-electron chi connectivity index (χ2n) is 8.63. The molecule has 0 bridgehead atoms. The molecule has 2 saturated heterocycles. The molecule has 1 aromatic heterocycles. The van der Waals surface area contributed by atoms with Gasteiger partial charge >= 0.3 is 13.2 Å². The van der Waals surface area contributed by atoms with Crippen LogP contribution >= 0.6 is 0 Å². The average molecular weight is 363 g/mol. The molecule has 3 fully saturated rings. The maximum absolute atomic E-state index is 11.5. The lowest BCUT2D eigenvalue weighted by molar-refractivity contribution is -0.0704. The van der Waals surface area contributed by atoms with E-state index in [4.69, 9.17) is 14.0 Å². The number of hydrogen-bond acceptors (Lipinski definition) is 5. The smallest absolute Gasteiger partial charge is 0.465 e. The number of carboxylic acid groups (broad SMARTS) is 1. The lowest BCUT2D eigenvalue weighted by Crippen LogP contribution is -2.54. The second kappa shape index (κ2) is 5.71. The summed E-state index contributed by atoms with van der Waals surface area (Å²) in [4.78, 5) is 13.1. The van der Waals surface area contributed by atoms with Crippen molar-refractivity contribution in [1.82, 2.24) is 14.7 Å². The molecule has 0 unspecified atom stereocenters. The van der Waals surface area contributed by atoms with Crippen LogP contribution in [0.15, 0.2) is 12.4 Å². The largest absolute Gasteiger partial charge is 0.498 e. The standard InChI is InChI=1S/C17H26BN3O5/c1-15(2)16(3,4)26-18(25-15)12-7-19-20(8-12)9-13-10-21(14(22)23)17(5-6-17)11-24-13/h7-8,13H,5-6,9-11H2,1-4H3,(H,22,23)/t13-/m0/s1. The number of hydrogen-bond donors (Lipinski definition) is 1. The molecule has 3 aliphatic rings. The van der Waals surface area contributed by atoms with E-state index in [9.17, 15) is 9.90 Å². The van der Waals surface area contributed by atoms with Gasteiger partial charge in [-0.1, -0.05) is 0 Å². The van der Waals surface area contributed by atoms with Crippen molar-refractivity contribution < 1.29 is 23.9 Å². The molecular formula is C17H26BN3O5. The van der Waals surface area contributed by atoms with Crippen LogP contribution in [0.3, 0.4) is 0 Å². The highest BCUT2D eigenvalue weighted by atomic mass is 16.7. The maximum atomic E-state index is 11.5. The summed E-state index contributed by atoms with van der Waals surface area (Å²) in [6.07, 6.45) is 4.33. The Hall–Kier alpha value is -1.58. The Kier molecular flexibility index (Phi) is 3.91. The van der Waals surface area contributed by atoms with E-state index in [1.165, 1.54) is 0 Å². The van der Waals surface area contributed by atoms with Crippen LogP contribution in [0.5, 0.6) is 0 Å². The first-order valence-corrected chi connectivity index (χ1v) is 9.12. The Bertz CT molecular complexity index is 699. The lowest BCUT2D eigenvalue weighted by atomic mass is 9.82. The van der Waals surface area contributed by atoms with Crippen LogP contribution in [-0.4, -0.2) is 69.0 Å². The van der Waals surface area contributed by atoms with E-state index in [0.29, 0.717) is 19.7 Å². The van der Waals surface area contributed by atoms with Crippen molar-refractivity contribution in [2.24, 2.45) is 0 Å². The molecule has 8 nitrogen and oxygen atoms in total. The van der Waals surface area contributed by atoms with E-state index in [-0.39, 0.29) is 11.6 Å². The quantitative estimate of drug-likeness (QED) is 0.810. The summed E-state index contributed by atoms with van der Waals surface area (Å²) < 4.78 is 19.8. The third kappa shape index (κ3) is 2.91. The normalized spacial score (nSPS) is 28.5. The van der Waals surface area contributed by atoms with Gasteiger partial charge in [0.1, 0.15) is 0 Å². The highest BCUT2D eigenvalue weighted by Crippen LogP contribution is 2.44.